The molecular weight excluding hydrogens is 238 g/mol. The Hall–Kier alpha value is -1.41. The number of nitriles is 1. The zero-order valence-electron chi connectivity index (χ0n) is 11.4. The maximum atomic E-state index is 9.38. The second kappa shape index (κ2) is 6.67. The van der Waals surface area contributed by atoms with E-state index >= 15 is 0 Å². The molecule has 0 aromatic heterocycles. The summed E-state index contributed by atoms with van der Waals surface area (Å²) in [4.78, 5) is 4.66. The smallest absolute Gasteiger partial charge is 0.0995 e. The Morgan fingerprint density at radius 1 is 1.21 bits per heavy atom. The van der Waals surface area contributed by atoms with Gasteiger partial charge in [0, 0.05) is 39.3 Å². The highest BCUT2D eigenvalue weighted by molar-refractivity contribution is 5.37. The third kappa shape index (κ3) is 4.03. The molecule has 1 aliphatic heterocycles. The highest BCUT2D eigenvalue weighted by Gasteiger charge is 2.18. The van der Waals surface area contributed by atoms with Crippen LogP contribution < -0.4 is 0 Å². The number of aliphatic hydroxyl groups excluding tert-OH is 1. The Bertz CT molecular complexity index is 445. The third-order valence-electron chi connectivity index (χ3n) is 3.52. The standard InChI is InChI=1S/C15H21N3O/c1-13(19)11-17-6-8-18(9-7-17)12-15-5-3-2-4-14(15)10-16/h2-5,13,19H,6-9,11-12H2,1H3/t13-/m0/s1. The SMILES string of the molecule is C[C@H](O)CN1CCN(Cc2ccccc2C#N)CC1. The highest BCUT2D eigenvalue weighted by atomic mass is 16.3. The van der Waals surface area contributed by atoms with Crippen molar-refractivity contribution in [3.05, 3.63) is 35.4 Å². The second-order valence-corrected chi connectivity index (χ2v) is 5.19. The molecule has 0 unspecified atom stereocenters. The lowest BCUT2D eigenvalue weighted by Crippen LogP contribution is -2.47. The fourth-order valence-electron chi connectivity index (χ4n) is 2.51. The van der Waals surface area contributed by atoms with Crippen LogP contribution >= 0.6 is 0 Å². The van der Waals surface area contributed by atoms with E-state index in [-0.39, 0.29) is 6.10 Å². The molecule has 2 rings (SSSR count). The summed E-state index contributed by atoms with van der Waals surface area (Å²) in [5, 5.41) is 18.5. The molecule has 1 heterocycles. The Kier molecular flexibility index (Phi) is 4.92. The van der Waals surface area contributed by atoms with Crippen LogP contribution in [0.5, 0.6) is 0 Å². The van der Waals surface area contributed by atoms with E-state index in [0.29, 0.717) is 0 Å². The zero-order valence-corrected chi connectivity index (χ0v) is 11.4. The van der Waals surface area contributed by atoms with Crippen molar-refractivity contribution >= 4 is 0 Å². The van der Waals surface area contributed by atoms with Crippen molar-refractivity contribution in [2.24, 2.45) is 0 Å². The second-order valence-electron chi connectivity index (χ2n) is 5.19. The first-order valence-electron chi connectivity index (χ1n) is 6.80. The fourth-order valence-corrected chi connectivity index (χ4v) is 2.51. The van der Waals surface area contributed by atoms with Gasteiger partial charge in [0.2, 0.25) is 0 Å². The van der Waals surface area contributed by atoms with Crippen LogP contribution in [0.3, 0.4) is 0 Å². The Morgan fingerprint density at radius 3 is 2.47 bits per heavy atom. The summed E-state index contributed by atoms with van der Waals surface area (Å²) in [5.74, 6) is 0. The van der Waals surface area contributed by atoms with Gasteiger partial charge in [0.1, 0.15) is 0 Å². The van der Waals surface area contributed by atoms with Gasteiger partial charge in [-0.2, -0.15) is 5.26 Å². The number of rotatable bonds is 4. The number of nitrogens with zero attached hydrogens (tertiary/aromatic N) is 3. The van der Waals surface area contributed by atoms with Gasteiger partial charge in [-0.15, -0.1) is 0 Å². The van der Waals surface area contributed by atoms with E-state index < -0.39 is 0 Å². The van der Waals surface area contributed by atoms with Crippen molar-refractivity contribution in [1.82, 2.24) is 9.80 Å². The van der Waals surface area contributed by atoms with Crippen LogP contribution in [-0.4, -0.2) is 53.7 Å². The monoisotopic (exact) mass is 259 g/mol. The van der Waals surface area contributed by atoms with Crippen molar-refractivity contribution in [2.75, 3.05) is 32.7 Å². The third-order valence-corrected chi connectivity index (χ3v) is 3.52. The molecule has 1 aliphatic rings. The number of hydrogen-bond donors (Lipinski definition) is 1. The summed E-state index contributed by atoms with van der Waals surface area (Å²) < 4.78 is 0. The van der Waals surface area contributed by atoms with Crippen molar-refractivity contribution in [1.29, 1.82) is 5.26 Å². The van der Waals surface area contributed by atoms with Crippen LogP contribution in [0, 0.1) is 11.3 Å². The van der Waals surface area contributed by atoms with Gasteiger partial charge < -0.3 is 5.11 Å². The number of aliphatic hydroxyl groups is 1. The maximum Gasteiger partial charge on any atom is 0.0995 e. The first-order chi connectivity index (χ1) is 9.19. The number of β-amino-alcohol motifs (C(OH)–C–C–N with tert-alkyl or cyclic N) is 1. The van der Waals surface area contributed by atoms with Gasteiger partial charge in [0.15, 0.2) is 0 Å². The molecule has 0 bridgehead atoms. The molecule has 4 heteroatoms. The topological polar surface area (TPSA) is 50.5 Å². The molecular formula is C15H21N3O. The number of hydrogen-bond acceptors (Lipinski definition) is 4. The lowest BCUT2D eigenvalue weighted by Gasteiger charge is -2.35. The summed E-state index contributed by atoms with van der Waals surface area (Å²) in [6, 6.07) is 10.0. The van der Waals surface area contributed by atoms with Gasteiger partial charge >= 0.3 is 0 Å². The van der Waals surface area contributed by atoms with Crippen molar-refractivity contribution in [3.8, 4) is 6.07 Å². The van der Waals surface area contributed by atoms with Crippen molar-refractivity contribution < 1.29 is 5.11 Å². The molecule has 0 saturated carbocycles. The van der Waals surface area contributed by atoms with Crippen LogP contribution in [0.15, 0.2) is 24.3 Å². The van der Waals surface area contributed by atoms with Gasteiger partial charge in [0.05, 0.1) is 17.7 Å². The molecule has 1 atom stereocenters. The number of benzene rings is 1. The molecule has 0 aliphatic carbocycles. The van der Waals surface area contributed by atoms with Gasteiger partial charge in [-0.25, -0.2) is 0 Å². The summed E-state index contributed by atoms with van der Waals surface area (Å²) in [7, 11) is 0. The Labute approximate surface area is 114 Å². The molecule has 102 valence electrons. The molecule has 0 spiro atoms. The van der Waals surface area contributed by atoms with Gasteiger partial charge in [0.25, 0.3) is 0 Å². The maximum absolute atomic E-state index is 9.38. The van der Waals surface area contributed by atoms with E-state index in [0.717, 1.165) is 50.4 Å². The lowest BCUT2D eigenvalue weighted by atomic mass is 10.1. The molecule has 1 aromatic rings. The van der Waals surface area contributed by atoms with Crippen molar-refractivity contribution in [2.45, 2.75) is 19.6 Å². The van der Waals surface area contributed by atoms with Crippen LogP contribution in [0.1, 0.15) is 18.1 Å². The minimum absolute atomic E-state index is 0.258. The molecule has 4 nitrogen and oxygen atoms in total. The quantitative estimate of drug-likeness (QED) is 0.878. The van der Waals surface area contributed by atoms with E-state index in [1.807, 2.05) is 31.2 Å². The van der Waals surface area contributed by atoms with Crippen LogP contribution in [0.25, 0.3) is 0 Å². The van der Waals surface area contributed by atoms with E-state index in [1.165, 1.54) is 0 Å². The molecule has 1 aromatic carbocycles. The van der Waals surface area contributed by atoms with E-state index in [9.17, 15) is 5.11 Å². The average molecular weight is 259 g/mol. The first-order valence-corrected chi connectivity index (χ1v) is 6.80. The largest absolute Gasteiger partial charge is 0.392 e. The average Bonchev–Trinajstić information content (AvgIpc) is 2.41. The predicted octanol–water partition coefficient (Wildman–Crippen LogP) is 1.06. The van der Waals surface area contributed by atoms with Gasteiger partial charge in [-0.05, 0) is 18.6 Å². The van der Waals surface area contributed by atoms with Crippen molar-refractivity contribution in [3.63, 3.8) is 0 Å². The van der Waals surface area contributed by atoms with E-state index in [2.05, 4.69) is 15.9 Å². The first kappa shape index (κ1) is 14.0. The summed E-state index contributed by atoms with van der Waals surface area (Å²) in [5.41, 5.74) is 1.88. The van der Waals surface area contributed by atoms with Crippen LogP contribution in [0.4, 0.5) is 0 Å². The normalized spacial score (nSPS) is 19.0. The summed E-state index contributed by atoms with van der Waals surface area (Å²) >= 11 is 0. The zero-order chi connectivity index (χ0) is 13.7. The summed E-state index contributed by atoms with van der Waals surface area (Å²) in [6.45, 7) is 7.38. The molecule has 0 amide bonds. The molecule has 0 radical (unpaired) electrons. The molecule has 1 N–H and O–H groups in total. The van der Waals surface area contributed by atoms with E-state index in [1.54, 1.807) is 0 Å². The fraction of sp³-hybridized carbons (Fsp3) is 0.533. The van der Waals surface area contributed by atoms with Gasteiger partial charge in [-0.1, -0.05) is 18.2 Å². The molecule has 1 saturated heterocycles. The van der Waals surface area contributed by atoms with Crippen LogP contribution in [-0.2, 0) is 6.54 Å². The Morgan fingerprint density at radius 2 is 1.84 bits per heavy atom. The minimum Gasteiger partial charge on any atom is -0.392 e. The number of piperazine rings is 1. The minimum atomic E-state index is -0.258. The Balaban J connectivity index is 1.87. The summed E-state index contributed by atoms with van der Waals surface area (Å²) in [6.07, 6.45) is -0.258. The molecule has 19 heavy (non-hydrogen) atoms. The highest BCUT2D eigenvalue weighted by Crippen LogP contribution is 2.12. The lowest BCUT2D eigenvalue weighted by molar-refractivity contribution is 0.0780. The van der Waals surface area contributed by atoms with Crippen LogP contribution in [0.2, 0.25) is 0 Å². The molecule has 1 fully saturated rings. The predicted molar refractivity (Wildman–Crippen MR) is 74.6 cm³/mol. The van der Waals surface area contributed by atoms with E-state index in [4.69, 9.17) is 5.26 Å². The van der Waals surface area contributed by atoms with Gasteiger partial charge in [-0.3, -0.25) is 9.80 Å².